The smallest absolute Gasteiger partial charge is 0.119 e. The summed E-state index contributed by atoms with van der Waals surface area (Å²) in [6.45, 7) is 2.60. The van der Waals surface area contributed by atoms with E-state index in [1.165, 1.54) is 19.3 Å². The van der Waals surface area contributed by atoms with Gasteiger partial charge in [-0.1, -0.05) is 11.6 Å². The van der Waals surface area contributed by atoms with Gasteiger partial charge in [-0.2, -0.15) is 0 Å². The Bertz CT molecular complexity index is 409. The van der Waals surface area contributed by atoms with Gasteiger partial charge in [0.05, 0.1) is 12.2 Å². The summed E-state index contributed by atoms with van der Waals surface area (Å²) in [7, 11) is 0. The van der Waals surface area contributed by atoms with Gasteiger partial charge in [0.1, 0.15) is 12.4 Å². The van der Waals surface area contributed by atoms with E-state index in [1.807, 2.05) is 24.3 Å². The Morgan fingerprint density at radius 2 is 2.11 bits per heavy atom. The Morgan fingerprint density at radius 3 is 2.79 bits per heavy atom. The highest BCUT2D eigenvalue weighted by Crippen LogP contribution is 2.38. The van der Waals surface area contributed by atoms with Gasteiger partial charge in [-0.25, -0.2) is 0 Å². The van der Waals surface area contributed by atoms with Crippen LogP contribution in [0.25, 0.3) is 0 Å². The number of rotatable bonds is 6. The van der Waals surface area contributed by atoms with Crippen molar-refractivity contribution < 1.29 is 9.47 Å². The maximum absolute atomic E-state index is 5.84. The topological polar surface area (TPSA) is 30.5 Å². The molecule has 3 unspecified atom stereocenters. The fraction of sp³-hybridized carbons (Fsp3) is 0.600. The van der Waals surface area contributed by atoms with Crippen molar-refractivity contribution in [2.24, 2.45) is 5.92 Å². The normalized spacial score (nSPS) is 28.8. The van der Waals surface area contributed by atoms with Gasteiger partial charge in [-0.05, 0) is 43.5 Å². The Hall–Kier alpha value is -0.770. The van der Waals surface area contributed by atoms with Crippen molar-refractivity contribution >= 4 is 11.6 Å². The van der Waals surface area contributed by atoms with E-state index in [-0.39, 0.29) is 0 Å². The van der Waals surface area contributed by atoms with Crippen LogP contribution in [0.15, 0.2) is 24.3 Å². The highest BCUT2D eigenvalue weighted by Gasteiger charge is 2.40. The zero-order chi connectivity index (χ0) is 13.1. The maximum Gasteiger partial charge on any atom is 0.119 e. The quantitative estimate of drug-likeness (QED) is 0.814. The molecular formula is C15H20ClNO2. The lowest BCUT2D eigenvalue weighted by atomic mass is 9.89. The first-order chi connectivity index (χ1) is 9.31. The molecule has 2 aliphatic heterocycles. The highest BCUT2D eigenvalue weighted by atomic mass is 35.5. The minimum atomic E-state index is 0.509. The molecule has 2 fully saturated rings. The first-order valence-corrected chi connectivity index (χ1v) is 7.43. The van der Waals surface area contributed by atoms with Crippen molar-refractivity contribution in [3.8, 4) is 5.75 Å². The maximum atomic E-state index is 5.84. The van der Waals surface area contributed by atoms with E-state index in [9.17, 15) is 0 Å². The molecule has 2 heterocycles. The minimum Gasteiger partial charge on any atom is -0.492 e. The first kappa shape index (κ1) is 13.2. The molecule has 3 rings (SSSR count). The van der Waals surface area contributed by atoms with Gasteiger partial charge in [-0.3, -0.25) is 0 Å². The van der Waals surface area contributed by atoms with Crippen molar-refractivity contribution in [1.82, 2.24) is 5.32 Å². The molecule has 4 heteroatoms. The van der Waals surface area contributed by atoms with Crippen LogP contribution >= 0.6 is 11.6 Å². The molecule has 0 spiro atoms. The summed E-state index contributed by atoms with van der Waals surface area (Å²) in [5.41, 5.74) is 0. The molecule has 3 nitrogen and oxygen atoms in total. The summed E-state index contributed by atoms with van der Waals surface area (Å²) in [6.07, 6.45) is 4.80. The number of fused-ring (bicyclic) bond motifs is 2. The SMILES string of the molecule is Clc1ccc(OCCNCC2CC3CCC2O3)cc1. The van der Waals surface area contributed by atoms with E-state index < -0.39 is 0 Å². The third-order valence-electron chi connectivity index (χ3n) is 4.00. The fourth-order valence-corrected chi connectivity index (χ4v) is 3.14. The van der Waals surface area contributed by atoms with Crippen molar-refractivity contribution in [2.45, 2.75) is 31.5 Å². The average molecular weight is 282 g/mol. The predicted molar refractivity (Wildman–Crippen MR) is 75.8 cm³/mol. The van der Waals surface area contributed by atoms with Gasteiger partial charge in [0.15, 0.2) is 0 Å². The summed E-state index contributed by atoms with van der Waals surface area (Å²) < 4.78 is 11.5. The van der Waals surface area contributed by atoms with E-state index in [0.717, 1.165) is 23.9 Å². The standard InChI is InChI=1S/C15H20ClNO2/c16-12-1-3-13(4-2-12)18-8-7-17-10-11-9-14-5-6-15(11)19-14/h1-4,11,14-15,17H,5-10H2. The molecule has 19 heavy (non-hydrogen) atoms. The lowest BCUT2D eigenvalue weighted by molar-refractivity contribution is 0.0923. The summed E-state index contributed by atoms with van der Waals surface area (Å²) in [5, 5.41) is 4.20. The van der Waals surface area contributed by atoms with Gasteiger partial charge in [-0.15, -0.1) is 0 Å². The monoisotopic (exact) mass is 281 g/mol. The predicted octanol–water partition coefficient (Wildman–Crippen LogP) is 2.88. The second kappa shape index (κ2) is 6.12. The number of nitrogens with one attached hydrogen (secondary N) is 1. The summed E-state index contributed by atoms with van der Waals surface area (Å²) >= 11 is 5.82. The van der Waals surface area contributed by atoms with Gasteiger partial charge >= 0.3 is 0 Å². The number of benzene rings is 1. The van der Waals surface area contributed by atoms with Crippen LogP contribution in [-0.4, -0.2) is 31.9 Å². The first-order valence-electron chi connectivity index (χ1n) is 7.06. The summed E-state index contributed by atoms with van der Waals surface area (Å²) in [6, 6.07) is 7.48. The zero-order valence-corrected chi connectivity index (χ0v) is 11.7. The Kier molecular flexibility index (Phi) is 4.26. The molecule has 1 N–H and O–H groups in total. The van der Waals surface area contributed by atoms with E-state index in [4.69, 9.17) is 21.1 Å². The Labute approximate surface area is 119 Å². The van der Waals surface area contributed by atoms with Crippen LogP contribution in [-0.2, 0) is 4.74 Å². The van der Waals surface area contributed by atoms with Crippen molar-refractivity contribution in [3.63, 3.8) is 0 Å². The Morgan fingerprint density at radius 1 is 1.26 bits per heavy atom. The molecule has 0 radical (unpaired) electrons. The number of halogens is 1. The molecule has 0 saturated carbocycles. The molecule has 0 aromatic heterocycles. The van der Waals surface area contributed by atoms with Gasteiger partial charge < -0.3 is 14.8 Å². The summed E-state index contributed by atoms with van der Waals surface area (Å²) in [5.74, 6) is 1.57. The molecule has 1 aromatic carbocycles. The largest absolute Gasteiger partial charge is 0.492 e. The third-order valence-corrected chi connectivity index (χ3v) is 4.25. The van der Waals surface area contributed by atoms with Crippen LogP contribution in [0, 0.1) is 5.92 Å². The van der Waals surface area contributed by atoms with Gasteiger partial charge in [0.2, 0.25) is 0 Å². The van der Waals surface area contributed by atoms with E-state index in [1.54, 1.807) is 0 Å². The van der Waals surface area contributed by atoms with Crippen LogP contribution in [0.1, 0.15) is 19.3 Å². The van der Waals surface area contributed by atoms with Crippen LogP contribution in [0.3, 0.4) is 0 Å². The summed E-state index contributed by atoms with van der Waals surface area (Å²) in [4.78, 5) is 0. The number of hydrogen-bond donors (Lipinski definition) is 1. The lowest BCUT2D eigenvalue weighted by Crippen LogP contribution is -2.31. The third kappa shape index (κ3) is 3.41. The Balaban J connectivity index is 1.30. The van der Waals surface area contributed by atoms with Crippen molar-refractivity contribution in [2.75, 3.05) is 19.7 Å². The second-order valence-corrected chi connectivity index (χ2v) is 5.81. The van der Waals surface area contributed by atoms with E-state index >= 15 is 0 Å². The minimum absolute atomic E-state index is 0.509. The molecule has 1 aromatic rings. The highest BCUT2D eigenvalue weighted by molar-refractivity contribution is 6.30. The molecular weight excluding hydrogens is 262 g/mol. The van der Waals surface area contributed by atoms with Crippen LogP contribution in [0.4, 0.5) is 0 Å². The van der Waals surface area contributed by atoms with Crippen LogP contribution in [0.2, 0.25) is 5.02 Å². The molecule has 2 saturated heterocycles. The molecule has 2 bridgehead atoms. The van der Waals surface area contributed by atoms with E-state index in [2.05, 4.69) is 5.32 Å². The van der Waals surface area contributed by atoms with Crippen molar-refractivity contribution in [3.05, 3.63) is 29.3 Å². The van der Waals surface area contributed by atoms with Crippen LogP contribution < -0.4 is 10.1 Å². The van der Waals surface area contributed by atoms with Gasteiger partial charge in [0, 0.05) is 24.0 Å². The fourth-order valence-electron chi connectivity index (χ4n) is 3.02. The number of ether oxygens (including phenoxy) is 2. The average Bonchev–Trinajstić information content (AvgIpc) is 3.03. The van der Waals surface area contributed by atoms with E-state index in [0.29, 0.717) is 24.7 Å². The molecule has 2 aliphatic rings. The number of hydrogen-bond acceptors (Lipinski definition) is 3. The molecule has 0 aliphatic carbocycles. The zero-order valence-electron chi connectivity index (χ0n) is 11.0. The lowest BCUT2D eigenvalue weighted by Gasteiger charge is -2.18. The second-order valence-electron chi connectivity index (χ2n) is 5.38. The molecule has 3 atom stereocenters. The van der Waals surface area contributed by atoms with Crippen LogP contribution in [0.5, 0.6) is 5.75 Å². The van der Waals surface area contributed by atoms with Crippen molar-refractivity contribution in [1.29, 1.82) is 0 Å². The molecule has 104 valence electrons. The van der Waals surface area contributed by atoms with Gasteiger partial charge in [0.25, 0.3) is 0 Å². The molecule has 0 amide bonds.